The van der Waals surface area contributed by atoms with Crippen LogP contribution in [0, 0.1) is 5.92 Å². The van der Waals surface area contributed by atoms with Crippen molar-refractivity contribution < 1.29 is 14.7 Å². The van der Waals surface area contributed by atoms with Crippen LogP contribution in [0.2, 0.25) is 0 Å². The van der Waals surface area contributed by atoms with Crippen molar-refractivity contribution in [1.82, 2.24) is 4.90 Å². The Bertz CT molecular complexity index is 267. The summed E-state index contributed by atoms with van der Waals surface area (Å²) >= 11 is 0. The van der Waals surface area contributed by atoms with Crippen molar-refractivity contribution >= 4 is 11.9 Å². The number of carbonyl (C=O) groups is 2. The second kappa shape index (κ2) is 4.21. The van der Waals surface area contributed by atoms with Crippen molar-refractivity contribution in [2.45, 2.75) is 45.6 Å². The van der Waals surface area contributed by atoms with Crippen LogP contribution in [0.4, 0.5) is 0 Å². The smallest absolute Gasteiger partial charge is 0.303 e. The van der Waals surface area contributed by atoms with Gasteiger partial charge in [-0.25, -0.2) is 0 Å². The molecular formula is C11H19NO3. The molecule has 0 aromatic carbocycles. The van der Waals surface area contributed by atoms with Gasteiger partial charge in [-0.3, -0.25) is 9.59 Å². The first-order valence-corrected chi connectivity index (χ1v) is 5.35. The van der Waals surface area contributed by atoms with E-state index >= 15 is 0 Å². The molecule has 1 atom stereocenters. The zero-order valence-electron chi connectivity index (χ0n) is 9.62. The summed E-state index contributed by atoms with van der Waals surface area (Å²) in [6.07, 6.45) is 1.36. The van der Waals surface area contributed by atoms with Crippen molar-refractivity contribution in [3.8, 4) is 0 Å². The molecular weight excluding hydrogens is 194 g/mol. The second-order valence-corrected chi connectivity index (χ2v) is 5.08. The highest BCUT2D eigenvalue weighted by Gasteiger charge is 2.37. The van der Waals surface area contributed by atoms with Crippen molar-refractivity contribution in [2.75, 3.05) is 6.54 Å². The lowest BCUT2D eigenvalue weighted by Gasteiger charge is -2.32. The Morgan fingerprint density at radius 2 is 2.13 bits per heavy atom. The Morgan fingerprint density at radius 3 is 2.53 bits per heavy atom. The van der Waals surface area contributed by atoms with Crippen LogP contribution in [0.3, 0.4) is 0 Å². The third kappa shape index (κ3) is 2.94. The van der Waals surface area contributed by atoms with Gasteiger partial charge in [0.15, 0.2) is 0 Å². The molecule has 0 spiro atoms. The maximum absolute atomic E-state index is 11.9. The van der Waals surface area contributed by atoms with Crippen LogP contribution in [-0.4, -0.2) is 34.0 Å². The monoisotopic (exact) mass is 213 g/mol. The lowest BCUT2D eigenvalue weighted by Crippen LogP contribution is -2.43. The van der Waals surface area contributed by atoms with Gasteiger partial charge in [0.1, 0.15) is 0 Å². The standard InChI is InChI=1S/C11H19NO3/c1-11(2,3)12-7-6-8(10(12)15)4-5-9(13)14/h8H,4-7H2,1-3H3,(H,13,14). The molecule has 86 valence electrons. The predicted molar refractivity (Wildman–Crippen MR) is 56.4 cm³/mol. The lowest BCUT2D eigenvalue weighted by molar-refractivity contribution is -0.138. The summed E-state index contributed by atoms with van der Waals surface area (Å²) in [5.41, 5.74) is -0.144. The van der Waals surface area contributed by atoms with E-state index in [2.05, 4.69) is 0 Å². The van der Waals surface area contributed by atoms with E-state index in [1.165, 1.54) is 0 Å². The highest BCUT2D eigenvalue weighted by Crippen LogP contribution is 2.28. The van der Waals surface area contributed by atoms with Gasteiger partial charge < -0.3 is 10.0 Å². The van der Waals surface area contributed by atoms with Crippen molar-refractivity contribution in [1.29, 1.82) is 0 Å². The highest BCUT2D eigenvalue weighted by molar-refractivity contribution is 5.82. The summed E-state index contributed by atoms with van der Waals surface area (Å²) in [4.78, 5) is 24.2. The fourth-order valence-corrected chi connectivity index (χ4v) is 1.97. The van der Waals surface area contributed by atoms with Crippen molar-refractivity contribution in [3.63, 3.8) is 0 Å². The van der Waals surface area contributed by atoms with Crippen LogP contribution in [0.5, 0.6) is 0 Å². The minimum atomic E-state index is -0.822. The van der Waals surface area contributed by atoms with Crippen LogP contribution in [0.25, 0.3) is 0 Å². The number of amides is 1. The minimum Gasteiger partial charge on any atom is -0.481 e. The molecule has 1 heterocycles. The molecule has 0 aromatic heterocycles. The molecule has 0 saturated carbocycles. The molecule has 1 N–H and O–H groups in total. The molecule has 1 aliphatic heterocycles. The molecule has 1 rings (SSSR count). The number of nitrogens with zero attached hydrogens (tertiary/aromatic N) is 1. The first-order valence-electron chi connectivity index (χ1n) is 5.35. The van der Waals surface area contributed by atoms with Gasteiger partial charge in [-0.05, 0) is 33.6 Å². The number of aliphatic carboxylic acids is 1. The molecule has 1 unspecified atom stereocenters. The maximum Gasteiger partial charge on any atom is 0.303 e. The molecule has 15 heavy (non-hydrogen) atoms. The molecule has 1 aliphatic rings. The van der Waals surface area contributed by atoms with Crippen LogP contribution >= 0.6 is 0 Å². The number of carboxylic acids is 1. The highest BCUT2D eigenvalue weighted by atomic mass is 16.4. The van der Waals surface area contributed by atoms with E-state index in [4.69, 9.17) is 5.11 Å². The molecule has 4 heteroatoms. The zero-order valence-corrected chi connectivity index (χ0v) is 9.62. The van der Waals surface area contributed by atoms with Gasteiger partial charge in [-0.1, -0.05) is 0 Å². The number of hydrogen-bond donors (Lipinski definition) is 1. The predicted octanol–water partition coefficient (Wildman–Crippen LogP) is 1.50. The van der Waals surface area contributed by atoms with E-state index in [0.717, 1.165) is 13.0 Å². The number of rotatable bonds is 3. The van der Waals surface area contributed by atoms with Crippen LogP contribution in [0.15, 0.2) is 0 Å². The number of carbonyl (C=O) groups excluding carboxylic acids is 1. The van der Waals surface area contributed by atoms with E-state index in [1.54, 1.807) is 0 Å². The molecule has 1 saturated heterocycles. The normalized spacial score (nSPS) is 22.2. The molecule has 0 aliphatic carbocycles. The summed E-state index contributed by atoms with van der Waals surface area (Å²) in [7, 11) is 0. The Balaban J connectivity index is 2.53. The van der Waals surface area contributed by atoms with E-state index in [0.29, 0.717) is 6.42 Å². The third-order valence-electron chi connectivity index (χ3n) is 2.83. The number of carboxylic acid groups (broad SMARTS) is 1. The maximum atomic E-state index is 11.9. The average molecular weight is 213 g/mol. The van der Waals surface area contributed by atoms with E-state index in [-0.39, 0.29) is 23.8 Å². The van der Waals surface area contributed by atoms with Gasteiger partial charge in [0.2, 0.25) is 5.91 Å². The van der Waals surface area contributed by atoms with E-state index in [1.807, 2.05) is 25.7 Å². The zero-order chi connectivity index (χ0) is 11.6. The Hall–Kier alpha value is -1.06. The molecule has 0 aromatic rings. The average Bonchev–Trinajstić information content (AvgIpc) is 2.42. The number of hydrogen-bond acceptors (Lipinski definition) is 2. The third-order valence-corrected chi connectivity index (χ3v) is 2.83. The minimum absolute atomic E-state index is 0.0830. The Kier molecular flexibility index (Phi) is 3.37. The summed E-state index contributed by atoms with van der Waals surface area (Å²) in [5.74, 6) is -0.791. The second-order valence-electron chi connectivity index (χ2n) is 5.08. The summed E-state index contributed by atoms with van der Waals surface area (Å²) in [6.45, 7) is 6.77. The molecule has 4 nitrogen and oxygen atoms in total. The van der Waals surface area contributed by atoms with Crippen molar-refractivity contribution in [3.05, 3.63) is 0 Å². The van der Waals surface area contributed by atoms with Gasteiger partial charge in [-0.15, -0.1) is 0 Å². The van der Waals surface area contributed by atoms with Gasteiger partial charge >= 0.3 is 5.97 Å². The molecule has 0 bridgehead atoms. The van der Waals surface area contributed by atoms with Gasteiger partial charge in [0.05, 0.1) is 0 Å². The van der Waals surface area contributed by atoms with Crippen LogP contribution < -0.4 is 0 Å². The van der Waals surface area contributed by atoms with Crippen LogP contribution in [-0.2, 0) is 9.59 Å². The lowest BCUT2D eigenvalue weighted by atomic mass is 10.0. The van der Waals surface area contributed by atoms with Gasteiger partial charge in [0.25, 0.3) is 0 Å². The van der Waals surface area contributed by atoms with Gasteiger partial charge in [0, 0.05) is 24.4 Å². The Morgan fingerprint density at radius 1 is 1.53 bits per heavy atom. The van der Waals surface area contributed by atoms with Crippen molar-refractivity contribution in [2.24, 2.45) is 5.92 Å². The van der Waals surface area contributed by atoms with E-state index < -0.39 is 5.97 Å². The largest absolute Gasteiger partial charge is 0.481 e. The van der Waals surface area contributed by atoms with E-state index in [9.17, 15) is 9.59 Å². The fraction of sp³-hybridized carbons (Fsp3) is 0.818. The first kappa shape index (κ1) is 12.0. The summed E-state index contributed by atoms with van der Waals surface area (Å²) in [6, 6.07) is 0. The van der Waals surface area contributed by atoms with Crippen LogP contribution in [0.1, 0.15) is 40.0 Å². The molecule has 1 amide bonds. The van der Waals surface area contributed by atoms with Gasteiger partial charge in [-0.2, -0.15) is 0 Å². The number of likely N-dealkylation sites (tertiary alicyclic amines) is 1. The summed E-state index contributed by atoms with van der Waals surface area (Å²) in [5, 5.41) is 8.56. The SMILES string of the molecule is CC(C)(C)N1CCC(CCC(=O)O)C1=O. The molecule has 0 radical (unpaired) electrons. The molecule has 1 fully saturated rings. The fourth-order valence-electron chi connectivity index (χ4n) is 1.97. The Labute approximate surface area is 90.3 Å². The first-order chi connectivity index (χ1) is 6.82. The topological polar surface area (TPSA) is 57.6 Å². The quantitative estimate of drug-likeness (QED) is 0.772. The summed E-state index contributed by atoms with van der Waals surface area (Å²) < 4.78 is 0.